The molecule has 0 saturated carbocycles. The fourth-order valence-electron chi connectivity index (χ4n) is 6.78. The second kappa shape index (κ2) is 8.82. The zero-order valence-electron chi connectivity index (χ0n) is 21.1. The summed E-state index contributed by atoms with van der Waals surface area (Å²) in [5.41, 5.74) is -3.61. The molecule has 0 amide bonds. The van der Waals surface area contributed by atoms with Crippen LogP contribution in [0.1, 0.15) is 64.6 Å². The molecule has 0 N–H and O–H groups in total. The highest BCUT2D eigenvalue weighted by Crippen LogP contribution is 2.68. The molecule has 0 unspecified atom stereocenters. The van der Waals surface area contributed by atoms with E-state index in [2.05, 4.69) is 22.6 Å². The van der Waals surface area contributed by atoms with E-state index in [1.165, 1.54) is 48.5 Å². The summed E-state index contributed by atoms with van der Waals surface area (Å²) in [4.78, 5) is 69.3. The topological polar surface area (TPSA) is 121 Å². The van der Waals surface area contributed by atoms with E-state index in [1.807, 2.05) is 0 Å². The summed E-state index contributed by atoms with van der Waals surface area (Å²) in [5, 5.41) is 11.8. The highest BCUT2D eigenvalue weighted by Gasteiger charge is 2.79. The summed E-state index contributed by atoms with van der Waals surface area (Å²) in [6, 6.07) is 25.0. The summed E-state index contributed by atoms with van der Waals surface area (Å²) in [6.07, 6.45) is -1.33. The van der Waals surface area contributed by atoms with E-state index in [9.17, 15) is 29.3 Å². The van der Waals surface area contributed by atoms with Crippen LogP contribution in [0, 0.1) is 19.1 Å². The largest absolute Gasteiger partial charge is 0.348 e. The van der Waals surface area contributed by atoms with Crippen LogP contribution in [0.15, 0.2) is 97.1 Å². The van der Waals surface area contributed by atoms with Crippen molar-refractivity contribution in [2.75, 3.05) is 0 Å². The van der Waals surface area contributed by atoms with Crippen molar-refractivity contribution in [2.24, 2.45) is 5.41 Å². The van der Waals surface area contributed by atoms with E-state index in [0.717, 1.165) is 3.57 Å². The first-order valence-corrected chi connectivity index (χ1v) is 13.9. The predicted molar refractivity (Wildman–Crippen MR) is 154 cm³/mol. The van der Waals surface area contributed by atoms with Gasteiger partial charge < -0.3 is 4.74 Å². The SMILES string of the molecule is O=C1c2ccccc2C(=O)C12O[C@@H](c1ccc(I)cc1)C1(C(=O)c3ccccc3C1=O)[C@@H]2c1cccc([N+](=O)[O-])c1. The molecule has 1 fully saturated rings. The fourth-order valence-corrected chi connectivity index (χ4v) is 7.14. The molecule has 2 atom stereocenters. The Morgan fingerprint density at radius 2 is 1.17 bits per heavy atom. The van der Waals surface area contributed by atoms with Gasteiger partial charge in [-0.1, -0.05) is 72.8 Å². The lowest BCUT2D eigenvalue weighted by atomic mass is 9.60. The maximum Gasteiger partial charge on any atom is 0.269 e. The van der Waals surface area contributed by atoms with Crippen LogP contribution in [0.5, 0.6) is 0 Å². The number of nitrogens with zero attached hydrogens (tertiary/aromatic N) is 1. The van der Waals surface area contributed by atoms with Crippen LogP contribution in [-0.4, -0.2) is 33.7 Å². The Morgan fingerprint density at radius 3 is 1.68 bits per heavy atom. The number of nitro benzene ring substituents is 1. The normalized spacial score (nSPS) is 21.5. The third kappa shape index (κ3) is 3.18. The van der Waals surface area contributed by atoms with E-state index in [1.54, 1.807) is 48.5 Å². The number of fused-ring (bicyclic) bond motifs is 2. The zero-order chi connectivity index (χ0) is 28.7. The zero-order valence-corrected chi connectivity index (χ0v) is 23.2. The maximum absolute atomic E-state index is 14.7. The third-order valence-electron chi connectivity index (χ3n) is 8.43. The smallest absolute Gasteiger partial charge is 0.269 e. The summed E-state index contributed by atoms with van der Waals surface area (Å²) < 4.78 is 7.49. The Morgan fingerprint density at radius 1 is 0.659 bits per heavy atom. The number of non-ortho nitro benzene ring substituents is 1. The molecule has 0 aromatic heterocycles. The van der Waals surface area contributed by atoms with Gasteiger partial charge >= 0.3 is 0 Å². The maximum atomic E-state index is 14.7. The monoisotopic (exact) mass is 655 g/mol. The van der Waals surface area contributed by atoms with Crippen molar-refractivity contribution in [2.45, 2.75) is 17.6 Å². The van der Waals surface area contributed by atoms with Gasteiger partial charge in [-0.3, -0.25) is 29.3 Å². The summed E-state index contributed by atoms with van der Waals surface area (Å²) in [7, 11) is 0. The van der Waals surface area contributed by atoms with E-state index in [0.29, 0.717) is 5.56 Å². The highest BCUT2D eigenvalue weighted by molar-refractivity contribution is 14.1. The number of benzene rings is 4. The average Bonchev–Trinajstić information content (AvgIpc) is 3.51. The van der Waals surface area contributed by atoms with Crippen LogP contribution in [0.2, 0.25) is 0 Å². The molecular weight excluding hydrogens is 637 g/mol. The first-order valence-electron chi connectivity index (χ1n) is 12.8. The van der Waals surface area contributed by atoms with E-state index in [-0.39, 0.29) is 33.5 Å². The Kier molecular flexibility index (Phi) is 5.51. The number of Topliss-reactive ketones (excluding diaryl/α,β-unsaturated/α-hetero) is 4. The molecule has 1 heterocycles. The van der Waals surface area contributed by atoms with Crippen molar-refractivity contribution in [3.8, 4) is 0 Å². The van der Waals surface area contributed by atoms with Crippen LogP contribution in [0.3, 0.4) is 0 Å². The molecule has 0 radical (unpaired) electrons. The van der Waals surface area contributed by atoms with Gasteiger partial charge in [-0.15, -0.1) is 0 Å². The van der Waals surface area contributed by atoms with Gasteiger partial charge in [-0.2, -0.15) is 0 Å². The number of hydrogen-bond donors (Lipinski definition) is 0. The molecule has 1 aliphatic heterocycles. The van der Waals surface area contributed by atoms with Gasteiger partial charge in [-0.25, -0.2) is 0 Å². The van der Waals surface area contributed by atoms with Crippen molar-refractivity contribution >= 4 is 51.4 Å². The minimum atomic E-state index is -2.31. The molecule has 9 heteroatoms. The molecule has 4 aromatic rings. The molecule has 4 aromatic carbocycles. The number of ketones is 4. The van der Waals surface area contributed by atoms with Gasteiger partial charge in [0.05, 0.1) is 10.8 Å². The van der Waals surface area contributed by atoms with Crippen molar-refractivity contribution < 1.29 is 28.8 Å². The summed E-state index contributed by atoms with van der Waals surface area (Å²) in [5.74, 6) is -4.03. The molecule has 1 saturated heterocycles. The van der Waals surface area contributed by atoms with E-state index >= 15 is 0 Å². The number of halogens is 1. The fraction of sp³-hybridized carbons (Fsp3) is 0.125. The first kappa shape index (κ1) is 25.6. The van der Waals surface area contributed by atoms with Crippen molar-refractivity contribution in [1.29, 1.82) is 0 Å². The Bertz CT molecular complexity index is 1790. The summed E-state index contributed by atoms with van der Waals surface area (Å²) >= 11 is 2.12. The van der Waals surface area contributed by atoms with Gasteiger partial charge in [0.2, 0.25) is 17.2 Å². The average molecular weight is 655 g/mol. The molecule has 7 rings (SSSR count). The Balaban J connectivity index is 1.60. The van der Waals surface area contributed by atoms with Crippen LogP contribution in [0.25, 0.3) is 0 Å². The number of rotatable bonds is 3. The second-order valence-corrected chi connectivity index (χ2v) is 11.6. The number of carbonyl (C=O) groups excluding carboxylic acids is 4. The third-order valence-corrected chi connectivity index (χ3v) is 9.14. The first-order chi connectivity index (χ1) is 19.7. The number of carbonyl (C=O) groups is 4. The lowest BCUT2D eigenvalue weighted by Crippen LogP contribution is -2.51. The minimum Gasteiger partial charge on any atom is -0.348 e. The van der Waals surface area contributed by atoms with Crippen molar-refractivity contribution in [1.82, 2.24) is 0 Å². The Hall–Kier alpha value is -4.35. The number of nitro groups is 1. The van der Waals surface area contributed by atoms with Crippen molar-refractivity contribution in [3.63, 3.8) is 0 Å². The van der Waals surface area contributed by atoms with Gasteiger partial charge in [0.25, 0.3) is 5.69 Å². The Labute approximate surface area is 246 Å². The summed E-state index contributed by atoms with van der Waals surface area (Å²) in [6.45, 7) is 0. The predicted octanol–water partition coefficient (Wildman–Crippen LogP) is 5.94. The van der Waals surface area contributed by atoms with Crippen LogP contribution in [0.4, 0.5) is 5.69 Å². The minimum absolute atomic E-state index is 0.113. The highest BCUT2D eigenvalue weighted by atomic mass is 127. The molecule has 0 bridgehead atoms. The van der Waals surface area contributed by atoms with Gasteiger partial charge in [-0.05, 0) is 45.9 Å². The lowest BCUT2D eigenvalue weighted by Gasteiger charge is -2.34. The molecular formula is C32H18INO7. The lowest BCUT2D eigenvalue weighted by molar-refractivity contribution is -0.384. The number of ether oxygens (including phenoxy) is 1. The second-order valence-electron chi connectivity index (χ2n) is 10.3. The van der Waals surface area contributed by atoms with Gasteiger partial charge in [0, 0.05) is 38.0 Å². The van der Waals surface area contributed by atoms with E-state index < -0.39 is 51.1 Å². The van der Waals surface area contributed by atoms with Crippen LogP contribution in [-0.2, 0) is 4.74 Å². The molecule has 2 spiro atoms. The van der Waals surface area contributed by atoms with Crippen molar-refractivity contribution in [3.05, 3.63) is 144 Å². The molecule has 41 heavy (non-hydrogen) atoms. The molecule has 8 nitrogen and oxygen atoms in total. The number of hydrogen-bond acceptors (Lipinski definition) is 7. The molecule has 2 aliphatic carbocycles. The standard InChI is InChI=1S/C32H18INO7/c33-19-14-12-17(13-15-19)30-31(26(35)21-8-1-2-9-22(21)27(31)36)25(18-6-5-7-20(16-18)34(39)40)32(41-30)28(37)23-10-3-4-11-24(23)29(32)38/h1-16,25,30H/t25-,30-/m0/s1. The van der Waals surface area contributed by atoms with Gasteiger partial charge in [0.1, 0.15) is 11.5 Å². The molecule has 3 aliphatic rings. The quantitative estimate of drug-likeness (QED) is 0.116. The van der Waals surface area contributed by atoms with Gasteiger partial charge in [0.15, 0.2) is 11.6 Å². The van der Waals surface area contributed by atoms with Crippen LogP contribution < -0.4 is 0 Å². The van der Waals surface area contributed by atoms with Crippen LogP contribution >= 0.6 is 22.6 Å². The van der Waals surface area contributed by atoms with E-state index in [4.69, 9.17) is 4.74 Å². The molecule has 200 valence electrons.